The smallest absolute Gasteiger partial charge is 0.303 e. The molecule has 0 amide bonds. The number of nitrogens with zero attached hydrogens (tertiary/aromatic N) is 1. The first-order valence-corrected chi connectivity index (χ1v) is 8.90. The van der Waals surface area contributed by atoms with Crippen molar-refractivity contribution in [3.63, 3.8) is 0 Å². The van der Waals surface area contributed by atoms with E-state index in [1.165, 1.54) is 0 Å². The third-order valence-electron chi connectivity index (χ3n) is 3.93. The molecular formula is C22H23NO4. The number of rotatable bonds is 9. The second-order valence-electron chi connectivity index (χ2n) is 5.77. The van der Waals surface area contributed by atoms with Crippen molar-refractivity contribution in [3.8, 4) is 17.6 Å². The van der Waals surface area contributed by atoms with Crippen LogP contribution in [0.3, 0.4) is 0 Å². The lowest BCUT2D eigenvalue weighted by Gasteiger charge is -2.13. The van der Waals surface area contributed by atoms with Gasteiger partial charge in [0.05, 0.1) is 25.7 Å². The van der Waals surface area contributed by atoms with Crippen LogP contribution in [0, 0.1) is 11.3 Å². The minimum Gasteiger partial charge on any atom is -0.494 e. The fourth-order valence-electron chi connectivity index (χ4n) is 2.75. The molecule has 0 bridgehead atoms. The van der Waals surface area contributed by atoms with Gasteiger partial charge in [-0.05, 0) is 55.7 Å². The summed E-state index contributed by atoms with van der Waals surface area (Å²) in [6.07, 6.45) is 0.0715. The summed E-state index contributed by atoms with van der Waals surface area (Å²) in [5.74, 6) is 0.563. The number of hydrogen-bond acceptors (Lipinski definition) is 4. The van der Waals surface area contributed by atoms with Crippen molar-refractivity contribution in [3.05, 3.63) is 65.2 Å². The highest BCUT2D eigenvalue weighted by Gasteiger charge is 2.14. The maximum Gasteiger partial charge on any atom is 0.303 e. The van der Waals surface area contributed by atoms with Crippen LogP contribution in [0.15, 0.2) is 54.1 Å². The van der Waals surface area contributed by atoms with E-state index in [9.17, 15) is 10.1 Å². The van der Waals surface area contributed by atoms with Gasteiger partial charge in [-0.15, -0.1) is 0 Å². The van der Waals surface area contributed by atoms with E-state index in [-0.39, 0.29) is 12.8 Å². The van der Waals surface area contributed by atoms with Crippen molar-refractivity contribution in [2.24, 2.45) is 0 Å². The average molecular weight is 365 g/mol. The Kier molecular flexibility index (Phi) is 7.45. The van der Waals surface area contributed by atoms with Crippen LogP contribution < -0.4 is 9.47 Å². The van der Waals surface area contributed by atoms with Crippen molar-refractivity contribution < 1.29 is 19.4 Å². The molecule has 0 aliphatic rings. The third-order valence-corrected chi connectivity index (χ3v) is 3.93. The van der Waals surface area contributed by atoms with E-state index in [4.69, 9.17) is 14.6 Å². The van der Waals surface area contributed by atoms with E-state index in [0.717, 1.165) is 28.2 Å². The van der Waals surface area contributed by atoms with Crippen LogP contribution in [0.4, 0.5) is 0 Å². The van der Waals surface area contributed by atoms with Crippen molar-refractivity contribution >= 4 is 11.5 Å². The molecule has 5 heteroatoms. The molecular weight excluding hydrogens is 342 g/mol. The van der Waals surface area contributed by atoms with Gasteiger partial charge in [0.15, 0.2) is 0 Å². The zero-order valence-corrected chi connectivity index (χ0v) is 15.6. The molecule has 0 atom stereocenters. The average Bonchev–Trinajstić information content (AvgIpc) is 2.67. The molecule has 0 fully saturated rings. The fourth-order valence-corrected chi connectivity index (χ4v) is 2.75. The Bertz CT molecular complexity index is 779. The quantitative estimate of drug-likeness (QED) is 0.653. The molecule has 5 nitrogen and oxygen atoms in total. The van der Waals surface area contributed by atoms with E-state index in [2.05, 4.69) is 6.07 Å². The highest BCUT2D eigenvalue weighted by atomic mass is 16.5. The number of carboxylic acid groups (broad SMARTS) is 1. The largest absolute Gasteiger partial charge is 0.494 e. The fraction of sp³-hybridized carbons (Fsp3) is 0.273. The molecule has 0 unspecified atom stereocenters. The summed E-state index contributed by atoms with van der Waals surface area (Å²) in [4.78, 5) is 11.0. The van der Waals surface area contributed by atoms with E-state index < -0.39 is 5.97 Å². The molecule has 140 valence electrons. The van der Waals surface area contributed by atoms with Gasteiger partial charge in [0, 0.05) is 11.1 Å². The van der Waals surface area contributed by atoms with Crippen molar-refractivity contribution in [1.29, 1.82) is 5.26 Å². The molecule has 27 heavy (non-hydrogen) atoms. The molecule has 0 radical (unpaired) electrons. The van der Waals surface area contributed by atoms with Crippen molar-refractivity contribution in [2.75, 3.05) is 13.2 Å². The second kappa shape index (κ2) is 10.0. The SMILES string of the molecule is CCOc1ccc(C(=C(C#N)CCC(=O)O)c2ccc(OCC)cc2)cc1. The summed E-state index contributed by atoms with van der Waals surface area (Å²) >= 11 is 0. The summed E-state index contributed by atoms with van der Waals surface area (Å²) in [5, 5.41) is 18.7. The van der Waals surface area contributed by atoms with Gasteiger partial charge >= 0.3 is 5.97 Å². The Labute approximate surface area is 159 Å². The van der Waals surface area contributed by atoms with Crippen molar-refractivity contribution in [2.45, 2.75) is 26.7 Å². The molecule has 0 aliphatic heterocycles. The number of carboxylic acids is 1. The molecule has 2 aromatic carbocycles. The summed E-state index contributed by atoms with van der Waals surface area (Å²) in [6.45, 7) is 4.98. The molecule has 2 rings (SSSR count). The third kappa shape index (κ3) is 5.61. The van der Waals surface area contributed by atoms with Gasteiger partial charge in [-0.25, -0.2) is 0 Å². The first-order chi connectivity index (χ1) is 13.1. The topological polar surface area (TPSA) is 79.5 Å². The van der Waals surface area contributed by atoms with Gasteiger partial charge in [-0.3, -0.25) is 4.79 Å². The van der Waals surface area contributed by atoms with Gasteiger partial charge in [0.2, 0.25) is 0 Å². The van der Waals surface area contributed by atoms with Crippen LogP contribution in [0.1, 0.15) is 37.8 Å². The first kappa shape index (κ1) is 20.1. The zero-order chi connectivity index (χ0) is 19.6. The lowest BCUT2D eigenvalue weighted by Crippen LogP contribution is -1.99. The number of nitriles is 1. The Morgan fingerprint density at radius 2 is 1.33 bits per heavy atom. The van der Waals surface area contributed by atoms with Crippen LogP contribution in [0.25, 0.3) is 5.57 Å². The lowest BCUT2D eigenvalue weighted by atomic mass is 9.91. The van der Waals surface area contributed by atoms with Gasteiger partial charge in [-0.2, -0.15) is 5.26 Å². The summed E-state index contributed by atoms with van der Waals surface area (Å²) in [6, 6.07) is 17.1. The van der Waals surface area contributed by atoms with Crippen LogP contribution in [0.5, 0.6) is 11.5 Å². The monoisotopic (exact) mass is 365 g/mol. The zero-order valence-electron chi connectivity index (χ0n) is 15.6. The highest BCUT2D eigenvalue weighted by Crippen LogP contribution is 2.31. The molecule has 0 heterocycles. The number of ether oxygens (including phenoxy) is 2. The van der Waals surface area contributed by atoms with Gasteiger partial charge < -0.3 is 14.6 Å². The summed E-state index contributed by atoms with van der Waals surface area (Å²) in [5.41, 5.74) is 2.84. The molecule has 0 spiro atoms. The van der Waals surface area contributed by atoms with Crippen LogP contribution >= 0.6 is 0 Å². The number of benzene rings is 2. The van der Waals surface area contributed by atoms with Crippen LogP contribution in [0.2, 0.25) is 0 Å². The minimum absolute atomic E-state index is 0.0968. The van der Waals surface area contributed by atoms with Crippen LogP contribution in [-0.4, -0.2) is 24.3 Å². The van der Waals surface area contributed by atoms with Crippen LogP contribution in [-0.2, 0) is 4.79 Å². The number of allylic oxidation sites excluding steroid dienone is 1. The number of hydrogen-bond donors (Lipinski definition) is 1. The number of aliphatic carboxylic acids is 1. The molecule has 0 saturated heterocycles. The lowest BCUT2D eigenvalue weighted by molar-refractivity contribution is -0.136. The summed E-state index contributed by atoms with van der Waals surface area (Å²) in [7, 11) is 0. The van der Waals surface area contributed by atoms with E-state index >= 15 is 0 Å². The molecule has 0 saturated carbocycles. The van der Waals surface area contributed by atoms with E-state index in [1.807, 2.05) is 62.4 Å². The summed E-state index contributed by atoms with van der Waals surface area (Å²) < 4.78 is 11.0. The second-order valence-corrected chi connectivity index (χ2v) is 5.77. The highest BCUT2D eigenvalue weighted by molar-refractivity contribution is 5.85. The molecule has 1 N–H and O–H groups in total. The van der Waals surface area contributed by atoms with Crippen molar-refractivity contribution in [1.82, 2.24) is 0 Å². The Hall–Kier alpha value is -3.26. The van der Waals surface area contributed by atoms with Gasteiger partial charge in [0.1, 0.15) is 11.5 Å². The Balaban J connectivity index is 2.50. The molecule has 0 aliphatic carbocycles. The number of carbonyl (C=O) groups is 1. The van der Waals surface area contributed by atoms with E-state index in [1.54, 1.807) is 0 Å². The molecule has 2 aromatic rings. The standard InChI is InChI=1S/C22H23NO4/c1-3-26-19-10-5-16(6-11-19)22(18(15-23)9-14-21(24)25)17-7-12-20(13-8-17)27-4-2/h5-8,10-13H,3-4,9,14H2,1-2H3,(H,24,25). The predicted molar refractivity (Wildman–Crippen MR) is 104 cm³/mol. The Morgan fingerprint density at radius 3 is 1.67 bits per heavy atom. The Morgan fingerprint density at radius 1 is 0.889 bits per heavy atom. The van der Waals surface area contributed by atoms with E-state index in [0.29, 0.717) is 18.8 Å². The van der Waals surface area contributed by atoms with Gasteiger partial charge in [0.25, 0.3) is 0 Å². The molecule has 0 aromatic heterocycles. The maximum absolute atomic E-state index is 11.0. The van der Waals surface area contributed by atoms with Gasteiger partial charge in [-0.1, -0.05) is 24.3 Å². The normalized spacial score (nSPS) is 9.96. The minimum atomic E-state index is -0.930. The predicted octanol–water partition coefficient (Wildman–Crippen LogP) is 4.67. The maximum atomic E-state index is 11.0. The first-order valence-electron chi connectivity index (χ1n) is 8.90.